The molecule has 1 aromatic carbocycles. The maximum atomic E-state index is 11.8. The van der Waals surface area contributed by atoms with Crippen LogP contribution in [-0.2, 0) is 47.3 Å². The zero-order chi connectivity index (χ0) is 23.8. The summed E-state index contributed by atoms with van der Waals surface area (Å²) in [5.41, 5.74) is 1.07. The highest BCUT2D eigenvalue weighted by Crippen LogP contribution is 2.31. The van der Waals surface area contributed by atoms with Crippen LogP contribution in [-0.4, -0.2) is 61.2 Å². The van der Waals surface area contributed by atoms with Gasteiger partial charge >= 0.3 is 23.9 Å². The Kier molecular flexibility index (Phi) is 9.69. The highest BCUT2D eigenvalue weighted by molar-refractivity contribution is 14.1. The summed E-state index contributed by atoms with van der Waals surface area (Å²) < 4.78 is 33.6. The summed E-state index contributed by atoms with van der Waals surface area (Å²) in [6.07, 6.45) is -6.06. The van der Waals surface area contributed by atoms with Crippen LogP contribution in [0.15, 0.2) is 24.3 Å². The van der Waals surface area contributed by atoms with E-state index >= 15 is 0 Å². The number of halogens is 1. The van der Waals surface area contributed by atoms with Gasteiger partial charge in [-0.15, -0.1) is 0 Å². The van der Waals surface area contributed by atoms with Crippen molar-refractivity contribution in [3.05, 3.63) is 29.8 Å². The van der Waals surface area contributed by atoms with E-state index in [9.17, 15) is 19.2 Å². The Labute approximate surface area is 198 Å². The summed E-state index contributed by atoms with van der Waals surface area (Å²) in [7, 11) is 0. The quantitative estimate of drug-likeness (QED) is 0.201. The fourth-order valence-corrected chi connectivity index (χ4v) is 3.58. The van der Waals surface area contributed by atoms with Crippen molar-refractivity contribution < 1.29 is 47.6 Å². The molecule has 11 heteroatoms. The van der Waals surface area contributed by atoms with E-state index in [-0.39, 0.29) is 6.61 Å². The van der Waals surface area contributed by atoms with Crippen molar-refractivity contribution >= 4 is 46.5 Å². The van der Waals surface area contributed by atoms with E-state index in [1.54, 1.807) is 12.1 Å². The Morgan fingerprint density at radius 3 is 1.84 bits per heavy atom. The molecule has 0 spiro atoms. The van der Waals surface area contributed by atoms with Gasteiger partial charge in [0.15, 0.2) is 12.2 Å². The summed E-state index contributed by atoms with van der Waals surface area (Å²) in [6, 6.07) is 7.13. The van der Waals surface area contributed by atoms with Gasteiger partial charge < -0.3 is 28.4 Å². The molecular weight excluding hydrogens is 539 g/mol. The summed E-state index contributed by atoms with van der Waals surface area (Å²) in [5, 5.41) is 0. The highest BCUT2D eigenvalue weighted by atomic mass is 127. The maximum absolute atomic E-state index is 11.8. The van der Waals surface area contributed by atoms with E-state index in [4.69, 9.17) is 28.4 Å². The van der Waals surface area contributed by atoms with Gasteiger partial charge in [0.2, 0.25) is 12.4 Å². The standard InChI is InChI=1S/C21H25IO10/c1-11(23)27-10-17-18(28-12(2)24)19(29-13(3)25)20(30-14(4)26)21(32-17)31-16-7-5-15(9-22)6-8-16/h5-8,17-21H,9-10H2,1-4H3/t17?,18-,19?,20-,21+/m0/s1. The predicted octanol–water partition coefficient (Wildman–Crippen LogP) is 2.08. The number of esters is 4. The number of hydrogen-bond donors (Lipinski definition) is 0. The molecule has 176 valence electrons. The van der Waals surface area contributed by atoms with Gasteiger partial charge in [-0.2, -0.15) is 0 Å². The number of rotatable bonds is 8. The maximum Gasteiger partial charge on any atom is 0.303 e. The van der Waals surface area contributed by atoms with Crippen LogP contribution in [0.2, 0.25) is 0 Å². The SMILES string of the molecule is CC(=O)OCC1O[C@@H](Oc2ccc(CI)cc2)[C@@H](OC(C)=O)C(OC(C)=O)[C@H]1OC(C)=O. The average Bonchev–Trinajstić information content (AvgIpc) is 2.70. The van der Waals surface area contributed by atoms with Crippen LogP contribution in [0.25, 0.3) is 0 Å². The number of hydrogen-bond acceptors (Lipinski definition) is 10. The lowest BCUT2D eigenvalue weighted by atomic mass is 9.98. The number of carbonyl (C=O) groups is 4. The number of benzene rings is 1. The molecule has 1 heterocycles. The third kappa shape index (κ3) is 7.62. The first kappa shape index (κ1) is 25.8. The molecule has 0 aliphatic carbocycles. The Bertz CT molecular complexity index is 824. The monoisotopic (exact) mass is 564 g/mol. The Morgan fingerprint density at radius 1 is 0.812 bits per heavy atom. The topological polar surface area (TPSA) is 124 Å². The normalized spacial score (nSPS) is 24.7. The molecule has 2 unspecified atom stereocenters. The summed E-state index contributed by atoms with van der Waals surface area (Å²) >= 11 is 2.22. The van der Waals surface area contributed by atoms with Gasteiger partial charge in [0.05, 0.1) is 0 Å². The van der Waals surface area contributed by atoms with Gasteiger partial charge in [-0.25, -0.2) is 0 Å². The molecule has 10 nitrogen and oxygen atoms in total. The second-order valence-corrected chi connectivity index (χ2v) is 7.73. The first-order valence-corrected chi connectivity index (χ1v) is 11.2. The lowest BCUT2D eigenvalue weighted by Crippen LogP contribution is -2.63. The van der Waals surface area contributed by atoms with Gasteiger partial charge in [0.25, 0.3) is 0 Å². The third-order valence-corrected chi connectivity index (χ3v) is 5.16. The first-order chi connectivity index (χ1) is 15.1. The number of carbonyl (C=O) groups excluding carboxylic acids is 4. The molecule has 0 radical (unpaired) electrons. The lowest BCUT2D eigenvalue weighted by molar-refractivity contribution is -0.288. The van der Waals surface area contributed by atoms with Gasteiger partial charge in [0.1, 0.15) is 18.5 Å². The van der Waals surface area contributed by atoms with Crippen LogP contribution >= 0.6 is 22.6 Å². The van der Waals surface area contributed by atoms with Crippen molar-refractivity contribution in [2.45, 2.75) is 62.8 Å². The fourth-order valence-electron chi connectivity index (χ4n) is 3.07. The molecule has 1 saturated heterocycles. The first-order valence-electron chi connectivity index (χ1n) is 9.72. The minimum atomic E-state index is -1.27. The van der Waals surface area contributed by atoms with Crippen LogP contribution in [0.4, 0.5) is 0 Å². The van der Waals surface area contributed by atoms with Crippen molar-refractivity contribution in [2.75, 3.05) is 6.61 Å². The fraction of sp³-hybridized carbons (Fsp3) is 0.524. The molecule has 32 heavy (non-hydrogen) atoms. The second-order valence-electron chi connectivity index (χ2n) is 6.96. The van der Waals surface area contributed by atoms with Gasteiger partial charge in [-0.05, 0) is 17.7 Å². The van der Waals surface area contributed by atoms with Crippen LogP contribution in [0.3, 0.4) is 0 Å². The molecule has 0 bridgehead atoms. The van der Waals surface area contributed by atoms with Crippen LogP contribution in [0, 0.1) is 0 Å². The van der Waals surface area contributed by atoms with E-state index in [1.165, 1.54) is 13.8 Å². The Morgan fingerprint density at radius 2 is 1.34 bits per heavy atom. The summed E-state index contributed by atoms with van der Waals surface area (Å²) in [4.78, 5) is 46.7. The van der Waals surface area contributed by atoms with Gasteiger partial charge in [-0.1, -0.05) is 34.7 Å². The number of alkyl halides is 1. The van der Waals surface area contributed by atoms with Gasteiger partial charge in [-0.3, -0.25) is 19.2 Å². The van der Waals surface area contributed by atoms with E-state index in [2.05, 4.69) is 22.6 Å². The lowest BCUT2D eigenvalue weighted by Gasteiger charge is -2.43. The zero-order valence-corrected chi connectivity index (χ0v) is 20.2. The number of ether oxygens (including phenoxy) is 6. The predicted molar refractivity (Wildman–Crippen MR) is 117 cm³/mol. The molecule has 0 saturated carbocycles. The molecule has 1 fully saturated rings. The smallest absolute Gasteiger partial charge is 0.303 e. The van der Waals surface area contributed by atoms with Crippen molar-refractivity contribution in [3.63, 3.8) is 0 Å². The van der Waals surface area contributed by atoms with Crippen molar-refractivity contribution in [3.8, 4) is 5.75 Å². The van der Waals surface area contributed by atoms with E-state index < -0.39 is 54.6 Å². The molecule has 0 aromatic heterocycles. The molecule has 1 aliphatic heterocycles. The van der Waals surface area contributed by atoms with Crippen molar-refractivity contribution in [2.24, 2.45) is 0 Å². The van der Waals surface area contributed by atoms with Crippen LogP contribution in [0.1, 0.15) is 33.3 Å². The molecule has 5 atom stereocenters. The molecular formula is C21H25IO10. The minimum Gasteiger partial charge on any atom is -0.463 e. The Hall–Kier alpha value is -2.41. The van der Waals surface area contributed by atoms with E-state index in [0.717, 1.165) is 23.8 Å². The van der Waals surface area contributed by atoms with Crippen molar-refractivity contribution in [1.82, 2.24) is 0 Å². The molecule has 0 N–H and O–H groups in total. The van der Waals surface area contributed by atoms with Crippen molar-refractivity contribution in [1.29, 1.82) is 0 Å². The Balaban J connectivity index is 2.42. The minimum absolute atomic E-state index is 0.314. The molecule has 0 amide bonds. The molecule has 1 aromatic rings. The highest BCUT2D eigenvalue weighted by Gasteiger charge is 2.53. The summed E-state index contributed by atoms with van der Waals surface area (Å²) in [5.74, 6) is -2.28. The van der Waals surface area contributed by atoms with E-state index in [1.807, 2.05) is 12.1 Å². The third-order valence-electron chi connectivity index (χ3n) is 4.28. The zero-order valence-electron chi connectivity index (χ0n) is 18.1. The van der Waals surface area contributed by atoms with Gasteiger partial charge in [0, 0.05) is 32.1 Å². The second kappa shape index (κ2) is 12.0. The van der Waals surface area contributed by atoms with E-state index in [0.29, 0.717) is 5.75 Å². The van der Waals surface area contributed by atoms with Crippen LogP contribution in [0.5, 0.6) is 5.75 Å². The molecule has 1 aliphatic rings. The van der Waals surface area contributed by atoms with Crippen LogP contribution < -0.4 is 4.74 Å². The average molecular weight is 564 g/mol. The molecule has 2 rings (SSSR count). The summed E-state index contributed by atoms with van der Waals surface area (Å²) in [6.45, 7) is 4.38. The largest absolute Gasteiger partial charge is 0.463 e.